The Hall–Kier alpha value is -1.10. The summed E-state index contributed by atoms with van der Waals surface area (Å²) >= 11 is 0. The molecule has 2 saturated heterocycles. The van der Waals surface area contributed by atoms with Crippen molar-refractivity contribution >= 4 is 11.8 Å². The molecule has 2 aliphatic heterocycles. The largest absolute Gasteiger partial charge is 0.352 e. The second-order valence-electron chi connectivity index (χ2n) is 5.14. The van der Waals surface area contributed by atoms with Crippen LogP contribution in [0.25, 0.3) is 0 Å². The minimum Gasteiger partial charge on any atom is -0.352 e. The molecule has 5 heteroatoms. The van der Waals surface area contributed by atoms with Crippen LogP contribution in [-0.2, 0) is 9.59 Å². The van der Waals surface area contributed by atoms with Gasteiger partial charge in [-0.1, -0.05) is 0 Å². The van der Waals surface area contributed by atoms with E-state index in [9.17, 15) is 9.59 Å². The number of hydrogen-bond acceptors (Lipinski definition) is 3. The van der Waals surface area contributed by atoms with Crippen molar-refractivity contribution in [2.75, 3.05) is 26.2 Å². The van der Waals surface area contributed by atoms with Crippen LogP contribution >= 0.6 is 0 Å². The van der Waals surface area contributed by atoms with Gasteiger partial charge in [-0.25, -0.2) is 0 Å². The molecule has 2 rings (SSSR count). The minimum atomic E-state index is 0.0533. The Morgan fingerprint density at radius 1 is 1.59 bits per heavy atom. The van der Waals surface area contributed by atoms with Crippen molar-refractivity contribution in [1.29, 1.82) is 0 Å². The highest BCUT2D eigenvalue weighted by Gasteiger charge is 2.24. The monoisotopic (exact) mass is 239 g/mol. The highest BCUT2D eigenvalue weighted by molar-refractivity contribution is 5.78. The van der Waals surface area contributed by atoms with Crippen LogP contribution in [-0.4, -0.2) is 48.9 Å². The predicted molar refractivity (Wildman–Crippen MR) is 64.4 cm³/mol. The van der Waals surface area contributed by atoms with Crippen LogP contribution in [0.3, 0.4) is 0 Å². The van der Waals surface area contributed by atoms with Crippen molar-refractivity contribution in [2.24, 2.45) is 5.92 Å². The number of hydrogen-bond donors (Lipinski definition) is 2. The summed E-state index contributed by atoms with van der Waals surface area (Å²) < 4.78 is 0. The van der Waals surface area contributed by atoms with Crippen molar-refractivity contribution in [1.82, 2.24) is 15.5 Å². The molecule has 2 fully saturated rings. The molecule has 2 N–H and O–H groups in total. The highest BCUT2D eigenvalue weighted by atomic mass is 16.2. The first-order valence-corrected chi connectivity index (χ1v) is 6.43. The number of carbonyl (C=O) groups is 2. The quantitative estimate of drug-likeness (QED) is 0.694. The molecule has 0 bridgehead atoms. The molecule has 96 valence electrons. The van der Waals surface area contributed by atoms with Gasteiger partial charge in [0.05, 0.1) is 0 Å². The van der Waals surface area contributed by atoms with E-state index in [4.69, 9.17) is 0 Å². The van der Waals surface area contributed by atoms with Crippen LogP contribution in [0.15, 0.2) is 0 Å². The van der Waals surface area contributed by atoms with Crippen molar-refractivity contribution in [3.8, 4) is 0 Å². The lowest BCUT2D eigenvalue weighted by Crippen LogP contribution is -2.47. The standard InChI is InChI=1S/C12H21N3O2/c1-9(8-15-4-2-3-12(15)17)14-11(16)5-10-6-13-7-10/h9-10,13H,2-8H2,1H3,(H,14,16). The molecule has 5 nitrogen and oxygen atoms in total. The fourth-order valence-corrected chi connectivity index (χ4v) is 2.36. The van der Waals surface area contributed by atoms with Crippen molar-refractivity contribution < 1.29 is 9.59 Å². The van der Waals surface area contributed by atoms with Gasteiger partial charge >= 0.3 is 0 Å². The first-order chi connectivity index (χ1) is 8.15. The Morgan fingerprint density at radius 2 is 2.35 bits per heavy atom. The third-order valence-corrected chi connectivity index (χ3v) is 3.41. The van der Waals surface area contributed by atoms with Gasteiger partial charge in [0.2, 0.25) is 11.8 Å². The van der Waals surface area contributed by atoms with Crippen LogP contribution in [0, 0.1) is 5.92 Å². The van der Waals surface area contributed by atoms with Gasteiger partial charge in [-0.15, -0.1) is 0 Å². The SMILES string of the molecule is CC(CN1CCCC1=O)NC(=O)CC1CNC1. The number of amides is 2. The number of rotatable bonds is 5. The van der Waals surface area contributed by atoms with Gasteiger partial charge in [0.25, 0.3) is 0 Å². The molecule has 0 radical (unpaired) electrons. The second kappa shape index (κ2) is 5.49. The topological polar surface area (TPSA) is 61.4 Å². The summed E-state index contributed by atoms with van der Waals surface area (Å²) in [6, 6.07) is 0.0533. The number of nitrogens with one attached hydrogen (secondary N) is 2. The summed E-state index contributed by atoms with van der Waals surface area (Å²) in [5.74, 6) is 0.820. The first kappa shape index (κ1) is 12.4. The van der Waals surface area contributed by atoms with Crippen molar-refractivity contribution in [2.45, 2.75) is 32.2 Å². The lowest BCUT2D eigenvalue weighted by molar-refractivity contribution is -0.129. The molecule has 17 heavy (non-hydrogen) atoms. The van der Waals surface area contributed by atoms with E-state index >= 15 is 0 Å². The van der Waals surface area contributed by atoms with E-state index in [-0.39, 0.29) is 17.9 Å². The summed E-state index contributed by atoms with van der Waals surface area (Å²) in [4.78, 5) is 24.9. The Labute approximate surface area is 102 Å². The fourth-order valence-electron chi connectivity index (χ4n) is 2.36. The number of carbonyl (C=O) groups excluding carboxylic acids is 2. The molecule has 1 atom stereocenters. The maximum atomic E-state index is 11.7. The molecule has 2 amide bonds. The second-order valence-corrected chi connectivity index (χ2v) is 5.14. The Bertz CT molecular complexity index is 302. The van der Waals surface area contributed by atoms with E-state index < -0.39 is 0 Å². The van der Waals surface area contributed by atoms with Gasteiger partial charge in [0, 0.05) is 32.0 Å². The van der Waals surface area contributed by atoms with Crippen LogP contribution in [0.4, 0.5) is 0 Å². The summed E-state index contributed by atoms with van der Waals surface area (Å²) in [6.45, 7) is 5.35. The van der Waals surface area contributed by atoms with Crippen LogP contribution in [0.1, 0.15) is 26.2 Å². The van der Waals surface area contributed by atoms with Gasteiger partial charge in [0.15, 0.2) is 0 Å². The molecule has 0 aliphatic carbocycles. The zero-order valence-corrected chi connectivity index (χ0v) is 10.4. The molecular weight excluding hydrogens is 218 g/mol. The Kier molecular flexibility index (Phi) is 3.99. The van der Waals surface area contributed by atoms with Crippen LogP contribution < -0.4 is 10.6 Å². The maximum absolute atomic E-state index is 11.7. The molecule has 0 aromatic rings. The van der Waals surface area contributed by atoms with Crippen molar-refractivity contribution in [3.63, 3.8) is 0 Å². The van der Waals surface area contributed by atoms with E-state index in [0.29, 0.717) is 25.3 Å². The Balaban J connectivity index is 1.66. The molecule has 1 unspecified atom stereocenters. The van der Waals surface area contributed by atoms with E-state index in [1.165, 1.54) is 0 Å². The third kappa shape index (κ3) is 3.43. The van der Waals surface area contributed by atoms with E-state index in [1.54, 1.807) is 0 Å². The summed E-state index contributed by atoms with van der Waals surface area (Å²) in [7, 11) is 0. The highest BCUT2D eigenvalue weighted by Crippen LogP contribution is 2.11. The van der Waals surface area contributed by atoms with E-state index in [2.05, 4.69) is 10.6 Å². The zero-order chi connectivity index (χ0) is 12.3. The average Bonchev–Trinajstić information content (AvgIpc) is 2.58. The maximum Gasteiger partial charge on any atom is 0.222 e. The molecule has 2 heterocycles. The van der Waals surface area contributed by atoms with Crippen LogP contribution in [0.2, 0.25) is 0 Å². The lowest BCUT2D eigenvalue weighted by Gasteiger charge is -2.27. The van der Waals surface area contributed by atoms with Gasteiger partial charge in [0.1, 0.15) is 0 Å². The summed E-state index contributed by atoms with van der Waals surface area (Å²) in [5.41, 5.74) is 0. The fraction of sp³-hybridized carbons (Fsp3) is 0.833. The zero-order valence-electron chi connectivity index (χ0n) is 10.4. The molecule has 0 aromatic heterocycles. The smallest absolute Gasteiger partial charge is 0.222 e. The van der Waals surface area contributed by atoms with Gasteiger partial charge in [-0.3, -0.25) is 9.59 Å². The normalized spacial score (nSPS) is 22.4. The van der Waals surface area contributed by atoms with Gasteiger partial charge in [-0.2, -0.15) is 0 Å². The summed E-state index contributed by atoms with van der Waals surface area (Å²) in [6.07, 6.45) is 2.22. The lowest BCUT2D eigenvalue weighted by atomic mass is 9.99. The van der Waals surface area contributed by atoms with Crippen molar-refractivity contribution in [3.05, 3.63) is 0 Å². The third-order valence-electron chi connectivity index (χ3n) is 3.41. The summed E-state index contributed by atoms with van der Waals surface area (Å²) in [5, 5.41) is 6.12. The number of nitrogens with zero attached hydrogens (tertiary/aromatic N) is 1. The molecule has 0 saturated carbocycles. The van der Waals surface area contributed by atoms with E-state index in [1.807, 2.05) is 11.8 Å². The predicted octanol–water partition coefficient (Wildman–Crippen LogP) is -0.277. The minimum absolute atomic E-state index is 0.0533. The molecule has 0 spiro atoms. The van der Waals surface area contributed by atoms with Gasteiger partial charge in [-0.05, 0) is 32.4 Å². The first-order valence-electron chi connectivity index (χ1n) is 6.43. The molecule has 0 aromatic carbocycles. The van der Waals surface area contributed by atoms with Gasteiger partial charge < -0.3 is 15.5 Å². The average molecular weight is 239 g/mol. The number of likely N-dealkylation sites (tertiary alicyclic amines) is 1. The van der Waals surface area contributed by atoms with E-state index in [0.717, 1.165) is 26.1 Å². The Morgan fingerprint density at radius 3 is 2.88 bits per heavy atom. The van der Waals surface area contributed by atoms with Crippen LogP contribution in [0.5, 0.6) is 0 Å². The molecule has 2 aliphatic rings. The molecular formula is C12H21N3O2.